The molecule has 1 aliphatic heterocycles. The van der Waals surface area contributed by atoms with E-state index in [1.54, 1.807) is 36.0 Å². The number of halogens is 1. The number of nitrogens with zero attached hydrogens (tertiary/aromatic N) is 1. The molecule has 1 saturated heterocycles. The van der Waals surface area contributed by atoms with Crippen LogP contribution in [0.1, 0.15) is 47.2 Å². The summed E-state index contributed by atoms with van der Waals surface area (Å²) in [4.78, 5) is 27.7. The molecular formula is C24H24FNO3S. The monoisotopic (exact) mass is 425 g/mol. The van der Waals surface area contributed by atoms with Crippen molar-refractivity contribution in [3.8, 4) is 0 Å². The van der Waals surface area contributed by atoms with Crippen LogP contribution in [0.15, 0.2) is 53.4 Å². The van der Waals surface area contributed by atoms with Crippen LogP contribution in [0.2, 0.25) is 0 Å². The lowest BCUT2D eigenvalue weighted by molar-refractivity contribution is -0.130. The molecule has 156 valence electrons. The highest BCUT2D eigenvalue weighted by Gasteiger charge is 2.40. The Bertz CT molecular complexity index is 955. The molecule has 1 saturated carbocycles. The molecule has 4 nitrogen and oxygen atoms in total. The zero-order valence-corrected chi connectivity index (χ0v) is 17.7. The van der Waals surface area contributed by atoms with Crippen LogP contribution in [-0.4, -0.2) is 35.2 Å². The number of methoxy groups -OCH3 is 1. The zero-order chi connectivity index (χ0) is 21.1. The first kappa shape index (κ1) is 20.7. The third kappa shape index (κ3) is 4.43. The van der Waals surface area contributed by atoms with E-state index in [9.17, 15) is 14.0 Å². The number of carbonyl (C=O) groups excluding carboxylic acids is 2. The smallest absolute Gasteiger partial charge is 0.337 e. The molecule has 6 heteroatoms. The van der Waals surface area contributed by atoms with Crippen molar-refractivity contribution >= 4 is 29.7 Å². The Morgan fingerprint density at radius 2 is 1.83 bits per heavy atom. The van der Waals surface area contributed by atoms with Crippen LogP contribution in [-0.2, 0) is 16.1 Å². The van der Waals surface area contributed by atoms with Crippen molar-refractivity contribution < 1.29 is 18.7 Å². The summed E-state index contributed by atoms with van der Waals surface area (Å²) in [5.41, 5.74) is 2.28. The van der Waals surface area contributed by atoms with E-state index in [1.807, 2.05) is 23.1 Å². The molecule has 1 amide bonds. The van der Waals surface area contributed by atoms with Gasteiger partial charge in [-0.3, -0.25) is 4.79 Å². The average Bonchev–Trinajstić information content (AvgIpc) is 2.78. The molecule has 0 N–H and O–H groups in total. The molecule has 1 heterocycles. The molecule has 30 heavy (non-hydrogen) atoms. The predicted octanol–water partition coefficient (Wildman–Crippen LogP) is 5.04. The van der Waals surface area contributed by atoms with Crippen molar-refractivity contribution in [2.45, 2.75) is 43.5 Å². The standard InChI is InChI=1S/C24H24FNO3S/c1-29-24(28)18-10-6-16(7-11-18)14-22-23(27)26(15-17-8-12-19(25)13-9-17)20-4-2-3-5-21(20)30-22/h6-14,20-21H,2-5,15H2,1H3/b22-14-. The zero-order valence-electron chi connectivity index (χ0n) is 16.8. The minimum atomic E-state index is -0.382. The van der Waals surface area contributed by atoms with Crippen molar-refractivity contribution in [1.29, 1.82) is 0 Å². The minimum absolute atomic E-state index is 0.0181. The highest BCUT2D eigenvalue weighted by molar-refractivity contribution is 8.04. The van der Waals surface area contributed by atoms with Gasteiger partial charge in [-0.15, -0.1) is 11.8 Å². The number of thioether (sulfide) groups is 1. The largest absolute Gasteiger partial charge is 0.465 e. The van der Waals surface area contributed by atoms with Crippen molar-refractivity contribution in [1.82, 2.24) is 4.90 Å². The molecule has 2 fully saturated rings. The Morgan fingerprint density at radius 3 is 2.53 bits per heavy atom. The van der Waals surface area contributed by atoms with E-state index in [-0.39, 0.29) is 23.7 Å². The topological polar surface area (TPSA) is 46.6 Å². The normalized spacial score (nSPS) is 22.7. The summed E-state index contributed by atoms with van der Waals surface area (Å²) >= 11 is 1.67. The Hall–Kier alpha value is -2.60. The maximum Gasteiger partial charge on any atom is 0.337 e. The van der Waals surface area contributed by atoms with Gasteiger partial charge in [0.25, 0.3) is 5.91 Å². The molecule has 2 aromatic carbocycles. The second kappa shape index (κ2) is 9.04. The first-order chi connectivity index (χ1) is 14.5. The number of hydrogen-bond donors (Lipinski definition) is 0. The quantitative estimate of drug-likeness (QED) is 0.509. The Kier molecular flexibility index (Phi) is 6.23. The van der Waals surface area contributed by atoms with Crippen LogP contribution in [0.5, 0.6) is 0 Å². The van der Waals surface area contributed by atoms with E-state index in [4.69, 9.17) is 4.74 Å². The summed E-state index contributed by atoms with van der Waals surface area (Å²) in [5, 5.41) is 0.373. The molecule has 2 aromatic rings. The number of benzene rings is 2. The van der Waals surface area contributed by atoms with E-state index < -0.39 is 0 Å². The second-order valence-electron chi connectivity index (χ2n) is 7.69. The number of esters is 1. The Morgan fingerprint density at radius 1 is 1.13 bits per heavy atom. The van der Waals surface area contributed by atoms with Crippen LogP contribution in [0, 0.1) is 5.82 Å². The molecule has 0 radical (unpaired) electrons. The number of amides is 1. The summed E-state index contributed by atoms with van der Waals surface area (Å²) in [6.07, 6.45) is 6.29. The fraction of sp³-hybridized carbons (Fsp3) is 0.333. The van der Waals surface area contributed by atoms with Crippen LogP contribution in [0.4, 0.5) is 4.39 Å². The maximum absolute atomic E-state index is 13.4. The van der Waals surface area contributed by atoms with E-state index in [0.717, 1.165) is 30.4 Å². The van der Waals surface area contributed by atoms with Gasteiger partial charge >= 0.3 is 5.97 Å². The van der Waals surface area contributed by atoms with Crippen molar-refractivity contribution in [2.75, 3.05) is 7.11 Å². The van der Waals surface area contributed by atoms with E-state index in [0.29, 0.717) is 22.3 Å². The van der Waals surface area contributed by atoms with Crippen molar-refractivity contribution in [3.05, 3.63) is 75.9 Å². The van der Waals surface area contributed by atoms with Gasteiger partial charge in [0, 0.05) is 17.8 Å². The number of rotatable bonds is 4. The van der Waals surface area contributed by atoms with Gasteiger partial charge in [0.15, 0.2) is 0 Å². The SMILES string of the molecule is COC(=O)c1ccc(/C=C2\SC3CCCCC3N(Cc3ccc(F)cc3)C2=O)cc1. The van der Waals surface area contributed by atoms with Gasteiger partial charge in [-0.25, -0.2) is 9.18 Å². The molecular weight excluding hydrogens is 401 g/mol. The molecule has 2 unspecified atom stereocenters. The highest BCUT2D eigenvalue weighted by atomic mass is 32.2. The van der Waals surface area contributed by atoms with Crippen molar-refractivity contribution in [2.24, 2.45) is 0 Å². The molecule has 0 aromatic heterocycles. The van der Waals surface area contributed by atoms with Gasteiger partial charge in [0.2, 0.25) is 0 Å². The third-order valence-electron chi connectivity index (χ3n) is 5.71. The molecule has 1 aliphatic carbocycles. The third-order valence-corrected chi connectivity index (χ3v) is 7.11. The maximum atomic E-state index is 13.4. The molecule has 0 bridgehead atoms. The van der Waals surface area contributed by atoms with Crippen molar-refractivity contribution in [3.63, 3.8) is 0 Å². The van der Waals surface area contributed by atoms with Gasteiger partial charge in [0.1, 0.15) is 5.82 Å². The van der Waals surface area contributed by atoms with E-state index in [1.165, 1.54) is 25.7 Å². The predicted molar refractivity (Wildman–Crippen MR) is 116 cm³/mol. The fourth-order valence-electron chi connectivity index (χ4n) is 4.13. The Balaban J connectivity index is 1.60. The summed E-state index contributed by atoms with van der Waals surface area (Å²) in [7, 11) is 1.35. The lowest BCUT2D eigenvalue weighted by Gasteiger charge is -2.44. The minimum Gasteiger partial charge on any atom is -0.465 e. The van der Waals surface area contributed by atoms with Crippen LogP contribution >= 0.6 is 11.8 Å². The van der Waals surface area contributed by atoms with Crippen LogP contribution in [0.25, 0.3) is 6.08 Å². The molecule has 4 rings (SSSR count). The summed E-state index contributed by atoms with van der Waals surface area (Å²) in [6.45, 7) is 0.486. The van der Waals surface area contributed by atoms with E-state index in [2.05, 4.69) is 0 Å². The number of ether oxygens (including phenoxy) is 1. The van der Waals surface area contributed by atoms with Gasteiger partial charge < -0.3 is 9.64 Å². The summed E-state index contributed by atoms with van der Waals surface area (Å²) < 4.78 is 18.0. The number of fused-ring (bicyclic) bond motifs is 1. The van der Waals surface area contributed by atoms with Crippen LogP contribution < -0.4 is 0 Å². The highest BCUT2D eigenvalue weighted by Crippen LogP contribution is 2.42. The lowest BCUT2D eigenvalue weighted by atomic mass is 9.92. The van der Waals surface area contributed by atoms with Gasteiger partial charge in [-0.05, 0) is 54.3 Å². The Labute approximate surface area is 180 Å². The number of hydrogen-bond acceptors (Lipinski definition) is 4. The first-order valence-electron chi connectivity index (χ1n) is 10.2. The fourth-order valence-corrected chi connectivity index (χ4v) is 5.61. The molecule has 2 atom stereocenters. The van der Waals surface area contributed by atoms with Crippen LogP contribution in [0.3, 0.4) is 0 Å². The van der Waals surface area contributed by atoms with E-state index >= 15 is 0 Å². The average molecular weight is 426 g/mol. The number of carbonyl (C=O) groups is 2. The summed E-state index contributed by atoms with van der Waals surface area (Å²) in [5.74, 6) is -0.636. The van der Waals surface area contributed by atoms with Gasteiger partial charge in [0.05, 0.1) is 17.6 Å². The lowest BCUT2D eigenvalue weighted by Crippen LogP contribution is -2.50. The summed E-state index contributed by atoms with van der Waals surface area (Å²) in [6, 6.07) is 13.6. The second-order valence-corrected chi connectivity index (χ2v) is 8.97. The van der Waals surface area contributed by atoms with Gasteiger partial charge in [-0.2, -0.15) is 0 Å². The molecule has 2 aliphatic rings. The molecule has 0 spiro atoms. The first-order valence-corrected chi connectivity index (χ1v) is 11.1. The van der Waals surface area contributed by atoms with Gasteiger partial charge in [-0.1, -0.05) is 37.1 Å².